The standard InChI is InChI=1S/C32H32N2O6/c1-22-29(33-30(39-22)24-8-4-2-5-9-24)18-19-38-26-16-13-23(14-17-26)12-15-25-20-34(21-28(25)31(35)36)32(37)40-27-10-6-3-7-11-27/h2-11,13-14,16-17,25,28H,12,15,18-21H2,1H3,(H,35,36)/t25-,28-/m1/s1. The zero-order chi connectivity index (χ0) is 27.9. The number of para-hydroxylation sites is 1. The molecule has 40 heavy (non-hydrogen) atoms. The van der Waals surface area contributed by atoms with Crippen LogP contribution in [0.3, 0.4) is 0 Å². The van der Waals surface area contributed by atoms with E-state index in [0.29, 0.717) is 44.1 Å². The van der Waals surface area contributed by atoms with E-state index in [0.717, 1.165) is 28.3 Å². The van der Waals surface area contributed by atoms with Crippen LogP contribution in [0.1, 0.15) is 23.4 Å². The van der Waals surface area contributed by atoms with Crippen LogP contribution in [0.2, 0.25) is 0 Å². The minimum atomic E-state index is -0.887. The number of aromatic nitrogens is 1. The predicted octanol–water partition coefficient (Wildman–Crippen LogP) is 6.04. The highest BCUT2D eigenvalue weighted by atomic mass is 16.6. The molecule has 1 fully saturated rings. The molecule has 206 valence electrons. The van der Waals surface area contributed by atoms with E-state index in [9.17, 15) is 14.7 Å². The van der Waals surface area contributed by atoms with Crippen molar-refractivity contribution in [3.05, 3.63) is 102 Å². The van der Waals surface area contributed by atoms with Crippen LogP contribution in [-0.2, 0) is 17.6 Å². The number of aliphatic carboxylic acids is 1. The number of carbonyl (C=O) groups excluding carboxylic acids is 1. The molecule has 0 radical (unpaired) electrons. The maximum Gasteiger partial charge on any atom is 0.415 e. The number of benzene rings is 3. The Balaban J connectivity index is 1.10. The lowest BCUT2D eigenvalue weighted by Gasteiger charge is -2.16. The Kier molecular flexibility index (Phi) is 8.44. The summed E-state index contributed by atoms with van der Waals surface area (Å²) >= 11 is 0. The molecule has 1 saturated heterocycles. The van der Waals surface area contributed by atoms with Gasteiger partial charge < -0.3 is 23.9 Å². The fourth-order valence-electron chi connectivity index (χ4n) is 4.98. The Morgan fingerprint density at radius 3 is 2.33 bits per heavy atom. The molecule has 2 atom stereocenters. The third kappa shape index (κ3) is 6.69. The second kappa shape index (κ2) is 12.5. The molecule has 1 aromatic heterocycles. The zero-order valence-corrected chi connectivity index (χ0v) is 22.4. The van der Waals surface area contributed by atoms with Gasteiger partial charge in [-0.05, 0) is 67.6 Å². The van der Waals surface area contributed by atoms with E-state index < -0.39 is 18.0 Å². The van der Waals surface area contributed by atoms with E-state index in [1.165, 1.54) is 4.90 Å². The van der Waals surface area contributed by atoms with Gasteiger partial charge in [0.15, 0.2) is 0 Å². The highest BCUT2D eigenvalue weighted by molar-refractivity contribution is 5.75. The molecule has 2 heterocycles. The van der Waals surface area contributed by atoms with Crippen LogP contribution in [0.25, 0.3) is 11.5 Å². The van der Waals surface area contributed by atoms with E-state index in [4.69, 9.17) is 13.9 Å². The van der Waals surface area contributed by atoms with Crippen LogP contribution in [0.5, 0.6) is 11.5 Å². The number of oxazole rings is 1. The number of rotatable bonds is 10. The quantitative estimate of drug-likeness (QED) is 0.262. The monoisotopic (exact) mass is 540 g/mol. The van der Waals surface area contributed by atoms with E-state index in [1.54, 1.807) is 24.3 Å². The molecular formula is C32H32N2O6. The summed E-state index contributed by atoms with van der Waals surface area (Å²) in [6.45, 7) is 2.89. The minimum Gasteiger partial charge on any atom is -0.493 e. The van der Waals surface area contributed by atoms with Crippen molar-refractivity contribution in [1.82, 2.24) is 9.88 Å². The number of likely N-dealkylation sites (tertiary alicyclic amines) is 1. The van der Waals surface area contributed by atoms with E-state index in [1.807, 2.05) is 67.6 Å². The van der Waals surface area contributed by atoms with Crippen molar-refractivity contribution < 1.29 is 28.6 Å². The number of amides is 1. The highest BCUT2D eigenvalue weighted by Crippen LogP contribution is 2.29. The van der Waals surface area contributed by atoms with Gasteiger partial charge in [-0.2, -0.15) is 0 Å². The smallest absolute Gasteiger partial charge is 0.415 e. The largest absolute Gasteiger partial charge is 0.493 e. The summed E-state index contributed by atoms with van der Waals surface area (Å²) in [5.41, 5.74) is 2.91. The second-order valence-electron chi connectivity index (χ2n) is 9.96. The average molecular weight is 541 g/mol. The number of nitrogens with zero attached hydrogens (tertiary/aromatic N) is 2. The normalized spacial score (nSPS) is 16.6. The Bertz CT molecular complexity index is 1420. The first-order valence-corrected chi connectivity index (χ1v) is 13.4. The maximum absolute atomic E-state index is 12.6. The topological polar surface area (TPSA) is 102 Å². The molecule has 8 nitrogen and oxygen atoms in total. The molecule has 0 saturated carbocycles. The fourth-order valence-corrected chi connectivity index (χ4v) is 4.98. The van der Waals surface area contributed by atoms with Crippen LogP contribution in [0.15, 0.2) is 89.3 Å². The van der Waals surface area contributed by atoms with Crippen molar-refractivity contribution in [3.63, 3.8) is 0 Å². The van der Waals surface area contributed by atoms with Gasteiger partial charge in [0.25, 0.3) is 0 Å². The van der Waals surface area contributed by atoms with Gasteiger partial charge in [-0.15, -0.1) is 0 Å². The van der Waals surface area contributed by atoms with E-state index in [2.05, 4.69) is 4.98 Å². The summed E-state index contributed by atoms with van der Waals surface area (Å²) in [4.78, 5) is 30.6. The maximum atomic E-state index is 12.6. The van der Waals surface area contributed by atoms with Gasteiger partial charge in [0, 0.05) is 25.1 Å². The Morgan fingerprint density at radius 1 is 0.925 bits per heavy atom. The third-order valence-electron chi connectivity index (χ3n) is 7.21. The number of hydrogen-bond acceptors (Lipinski definition) is 6. The predicted molar refractivity (Wildman–Crippen MR) is 149 cm³/mol. The van der Waals surface area contributed by atoms with Crippen molar-refractivity contribution in [3.8, 4) is 23.0 Å². The molecule has 8 heteroatoms. The van der Waals surface area contributed by atoms with Crippen molar-refractivity contribution in [2.24, 2.45) is 11.8 Å². The van der Waals surface area contributed by atoms with Crippen LogP contribution < -0.4 is 9.47 Å². The first kappa shape index (κ1) is 27.0. The Morgan fingerprint density at radius 2 is 1.62 bits per heavy atom. The number of ether oxygens (including phenoxy) is 2. The van der Waals surface area contributed by atoms with Gasteiger partial charge in [-0.25, -0.2) is 9.78 Å². The highest BCUT2D eigenvalue weighted by Gasteiger charge is 2.40. The summed E-state index contributed by atoms with van der Waals surface area (Å²) in [6.07, 6.45) is 1.47. The van der Waals surface area contributed by atoms with Crippen LogP contribution in [0.4, 0.5) is 4.79 Å². The molecule has 0 aliphatic carbocycles. The van der Waals surface area contributed by atoms with E-state index in [-0.39, 0.29) is 12.5 Å². The average Bonchev–Trinajstić information content (AvgIpc) is 3.58. The summed E-state index contributed by atoms with van der Waals surface area (Å²) in [5, 5.41) is 9.74. The van der Waals surface area contributed by atoms with Gasteiger partial charge >= 0.3 is 12.1 Å². The number of hydrogen-bond donors (Lipinski definition) is 1. The molecule has 1 N–H and O–H groups in total. The molecule has 0 bridgehead atoms. The number of aryl methyl sites for hydroxylation is 2. The number of carboxylic acids is 1. The summed E-state index contributed by atoms with van der Waals surface area (Å²) in [6, 6.07) is 26.5. The van der Waals surface area contributed by atoms with Gasteiger partial charge in [0.2, 0.25) is 5.89 Å². The fraction of sp³-hybridized carbons (Fsp3) is 0.281. The lowest BCUT2D eigenvalue weighted by molar-refractivity contribution is -0.142. The number of carbonyl (C=O) groups is 2. The first-order valence-electron chi connectivity index (χ1n) is 13.4. The molecular weight excluding hydrogens is 508 g/mol. The van der Waals surface area contributed by atoms with Gasteiger partial charge in [-0.3, -0.25) is 4.79 Å². The van der Waals surface area contributed by atoms with Crippen molar-refractivity contribution in [2.75, 3.05) is 19.7 Å². The molecule has 1 aliphatic heterocycles. The SMILES string of the molecule is Cc1oc(-c2ccccc2)nc1CCOc1ccc(CC[C@@H]2CN(C(=O)Oc3ccccc3)C[C@H]2C(=O)O)cc1. The second-order valence-corrected chi connectivity index (χ2v) is 9.96. The molecule has 5 rings (SSSR count). The van der Waals surface area contributed by atoms with Crippen molar-refractivity contribution in [1.29, 1.82) is 0 Å². The van der Waals surface area contributed by atoms with Crippen LogP contribution in [0, 0.1) is 18.8 Å². The van der Waals surface area contributed by atoms with Gasteiger partial charge in [0.05, 0.1) is 18.2 Å². The Labute approximate surface area is 233 Å². The van der Waals surface area contributed by atoms with Gasteiger partial charge in [-0.1, -0.05) is 48.5 Å². The molecule has 0 spiro atoms. The van der Waals surface area contributed by atoms with Crippen LogP contribution in [-0.4, -0.2) is 46.7 Å². The molecule has 4 aromatic rings. The molecule has 1 aliphatic rings. The zero-order valence-electron chi connectivity index (χ0n) is 22.4. The lowest BCUT2D eigenvalue weighted by atomic mass is 9.90. The Hall–Kier alpha value is -4.59. The third-order valence-corrected chi connectivity index (χ3v) is 7.21. The molecule has 0 unspecified atom stereocenters. The van der Waals surface area contributed by atoms with Gasteiger partial charge in [0.1, 0.15) is 17.3 Å². The summed E-state index contributed by atoms with van der Waals surface area (Å²) < 4.78 is 17.2. The van der Waals surface area contributed by atoms with Crippen molar-refractivity contribution >= 4 is 12.1 Å². The minimum absolute atomic E-state index is 0.149. The first-order chi connectivity index (χ1) is 19.5. The summed E-state index contributed by atoms with van der Waals surface area (Å²) in [5.74, 6) is 0.946. The number of carboxylic acid groups (broad SMARTS) is 1. The van der Waals surface area contributed by atoms with E-state index >= 15 is 0 Å². The summed E-state index contributed by atoms with van der Waals surface area (Å²) in [7, 11) is 0. The van der Waals surface area contributed by atoms with Crippen LogP contribution >= 0.6 is 0 Å². The van der Waals surface area contributed by atoms with Crippen molar-refractivity contribution in [2.45, 2.75) is 26.2 Å². The molecule has 1 amide bonds. The lowest BCUT2D eigenvalue weighted by Crippen LogP contribution is -2.32. The molecule has 3 aromatic carbocycles.